The summed E-state index contributed by atoms with van der Waals surface area (Å²) in [5.41, 5.74) is 1.68. The molecule has 0 aliphatic carbocycles. The van der Waals surface area contributed by atoms with Crippen molar-refractivity contribution < 1.29 is 27.5 Å². The van der Waals surface area contributed by atoms with Crippen LogP contribution in [0.3, 0.4) is 0 Å². The smallest absolute Gasteiger partial charge is 0.416 e. The van der Waals surface area contributed by atoms with Gasteiger partial charge in [-0.1, -0.05) is 36.4 Å². The number of benzene rings is 2. The Morgan fingerprint density at radius 1 is 0.933 bits per heavy atom. The van der Waals surface area contributed by atoms with Crippen LogP contribution in [0.5, 0.6) is 0 Å². The highest BCUT2D eigenvalue weighted by Gasteiger charge is 2.56. The maximum absolute atomic E-state index is 13.7. The molecule has 1 amide bonds. The zero-order chi connectivity index (χ0) is 21.6. The molecule has 0 fully saturated rings. The van der Waals surface area contributed by atoms with E-state index in [-0.39, 0.29) is 10.6 Å². The fraction of sp³-hybridized carbons (Fsp3) is 0.238. The molecule has 0 spiro atoms. The first-order valence-corrected chi connectivity index (χ1v) is 10.6. The highest BCUT2D eigenvalue weighted by Crippen LogP contribution is 2.53. The van der Waals surface area contributed by atoms with Crippen molar-refractivity contribution in [3.05, 3.63) is 71.4 Å². The summed E-state index contributed by atoms with van der Waals surface area (Å²) < 4.78 is 38.3. The number of anilines is 1. The molecule has 0 N–H and O–H groups in total. The largest absolute Gasteiger partial charge is 0.464 e. The van der Waals surface area contributed by atoms with E-state index in [1.54, 1.807) is 49.4 Å². The zero-order valence-corrected chi connectivity index (χ0v) is 17.4. The highest BCUT2D eigenvalue weighted by atomic mass is 32.2. The molecule has 0 aromatic heterocycles. The highest BCUT2D eigenvalue weighted by molar-refractivity contribution is 7.92. The number of hydrogen-bond donors (Lipinski definition) is 0. The molecule has 30 heavy (non-hydrogen) atoms. The predicted octanol–water partition coefficient (Wildman–Crippen LogP) is 2.83. The molecule has 4 rings (SSSR count). The normalized spacial score (nSPS) is 20.1. The van der Waals surface area contributed by atoms with E-state index >= 15 is 0 Å². The molecule has 8 nitrogen and oxygen atoms in total. The lowest BCUT2D eigenvalue weighted by atomic mass is 9.93. The van der Waals surface area contributed by atoms with Crippen molar-refractivity contribution in [1.29, 1.82) is 0 Å². The molecule has 9 heteroatoms. The number of fused-ring (bicyclic) bond motifs is 3. The van der Waals surface area contributed by atoms with Crippen LogP contribution >= 0.6 is 0 Å². The number of carbonyl (C=O) groups is 2. The Morgan fingerprint density at radius 2 is 1.57 bits per heavy atom. The second-order valence-corrected chi connectivity index (χ2v) is 8.74. The van der Waals surface area contributed by atoms with Crippen molar-refractivity contribution in [2.24, 2.45) is 0 Å². The molecule has 2 heterocycles. The quantitative estimate of drug-likeness (QED) is 0.698. The summed E-state index contributed by atoms with van der Waals surface area (Å²) in [7, 11) is -1.67. The minimum atomic E-state index is -4.06. The summed E-state index contributed by atoms with van der Waals surface area (Å²) >= 11 is 0. The summed E-state index contributed by atoms with van der Waals surface area (Å²) in [5, 5.41) is 0. The number of ether oxygens (including phenoxy) is 2. The molecule has 2 aliphatic rings. The van der Waals surface area contributed by atoms with Crippen LogP contribution in [0.1, 0.15) is 18.4 Å². The topological polar surface area (TPSA) is 93.2 Å². The number of para-hydroxylation sites is 1. The van der Waals surface area contributed by atoms with Gasteiger partial charge in [0, 0.05) is 0 Å². The molecule has 0 saturated carbocycles. The van der Waals surface area contributed by atoms with E-state index in [1.807, 2.05) is 0 Å². The Balaban J connectivity index is 1.98. The first-order chi connectivity index (χ1) is 14.3. The van der Waals surface area contributed by atoms with Crippen molar-refractivity contribution in [3.63, 3.8) is 0 Å². The van der Waals surface area contributed by atoms with Crippen LogP contribution in [0.4, 0.5) is 10.5 Å². The van der Waals surface area contributed by atoms with Crippen LogP contribution < -0.4 is 4.31 Å². The zero-order valence-electron chi connectivity index (χ0n) is 16.6. The lowest BCUT2D eigenvalue weighted by Crippen LogP contribution is -2.50. The average molecular weight is 428 g/mol. The van der Waals surface area contributed by atoms with Gasteiger partial charge in [0.05, 0.1) is 30.7 Å². The summed E-state index contributed by atoms with van der Waals surface area (Å²) in [4.78, 5) is 26.4. The van der Waals surface area contributed by atoms with Gasteiger partial charge < -0.3 is 9.47 Å². The summed E-state index contributed by atoms with van der Waals surface area (Å²) in [6.45, 7) is 1.70. The van der Waals surface area contributed by atoms with Gasteiger partial charge in [0.25, 0.3) is 10.0 Å². The Bertz CT molecular complexity index is 1160. The fourth-order valence-electron chi connectivity index (χ4n) is 4.20. The number of hydrogen-bond acceptors (Lipinski definition) is 6. The number of carbonyl (C=O) groups excluding carboxylic acids is 2. The van der Waals surface area contributed by atoms with Crippen molar-refractivity contribution in [3.8, 4) is 0 Å². The lowest BCUT2D eigenvalue weighted by Gasteiger charge is -2.33. The van der Waals surface area contributed by atoms with Crippen LogP contribution in [-0.4, -0.2) is 45.8 Å². The minimum Gasteiger partial charge on any atom is -0.464 e. The molecule has 0 bridgehead atoms. The van der Waals surface area contributed by atoms with Crippen molar-refractivity contribution in [2.75, 3.05) is 18.5 Å². The Kier molecular flexibility index (Phi) is 4.77. The van der Waals surface area contributed by atoms with Crippen LogP contribution in [0.25, 0.3) is 0 Å². The van der Waals surface area contributed by atoms with Crippen LogP contribution in [-0.2, 0) is 24.3 Å². The minimum absolute atomic E-state index is 0.0119. The van der Waals surface area contributed by atoms with Gasteiger partial charge in [0.15, 0.2) is 0 Å². The maximum Gasteiger partial charge on any atom is 0.416 e. The third-order valence-electron chi connectivity index (χ3n) is 5.44. The standard InChI is InChI=1S/C21H20N2O6S/c1-13-17-15-11-7-8-12-16(15)23(30(26,27)14-9-5-4-6-10-14)19(17)22(21(25)29-3)18(13)20(24)28-2/h4-12,17,19H,1-3H3/t17-,19+/m1/s1. The second-order valence-electron chi connectivity index (χ2n) is 6.93. The monoisotopic (exact) mass is 428 g/mol. The molecule has 0 unspecified atom stereocenters. The average Bonchev–Trinajstić information content (AvgIpc) is 3.26. The molecule has 2 atom stereocenters. The first kappa shape index (κ1) is 20.0. The number of sulfonamides is 1. The summed E-state index contributed by atoms with van der Waals surface area (Å²) in [6.07, 6.45) is -1.86. The molecule has 0 saturated heterocycles. The number of amides is 1. The van der Waals surface area contributed by atoms with E-state index in [0.717, 1.165) is 4.90 Å². The number of methoxy groups -OCH3 is 2. The van der Waals surface area contributed by atoms with E-state index in [9.17, 15) is 18.0 Å². The van der Waals surface area contributed by atoms with Gasteiger partial charge in [-0.05, 0) is 36.3 Å². The van der Waals surface area contributed by atoms with Gasteiger partial charge in [0.1, 0.15) is 11.9 Å². The van der Waals surface area contributed by atoms with Gasteiger partial charge in [-0.2, -0.15) is 0 Å². The molecule has 2 aromatic rings. The number of nitrogens with zero attached hydrogens (tertiary/aromatic N) is 2. The van der Waals surface area contributed by atoms with E-state index < -0.39 is 34.2 Å². The van der Waals surface area contributed by atoms with Crippen molar-refractivity contribution in [2.45, 2.75) is 23.9 Å². The molecule has 0 radical (unpaired) electrons. The van der Waals surface area contributed by atoms with Gasteiger partial charge in [0.2, 0.25) is 0 Å². The van der Waals surface area contributed by atoms with Gasteiger partial charge in [-0.25, -0.2) is 27.2 Å². The van der Waals surface area contributed by atoms with Crippen molar-refractivity contribution >= 4 is 27.8 Å². The maximum atomic E-state index is 13.7. The molecule has 156 valence electrons. The molecule has 2 aliphatic heterocycles. The summed E-state index contributed by atoms with van der Waals surface area (Å²) in [5.74, 6) is -1.27. The van der Waals surface area contributed by atoms with E-state index in [4.69, 9.17) is 9.47 Å². The SMILES string of the molecule is COC(=O)C1=C(C)[C@@H]2c3ccccc3N(S(=O)(=O)c3ccccc3)[C@@H]2N1C(=O)OC. The van der Waals surface area contributed by atoms with E-state index in [2.05, 4.69) is 0 Å². The lowest BCUT2D eigenvalue weighted by molar-refractivity contribution is -0.137. The predicted molar refractivity (Wildman–Crippen MR) is 108 cm³/mol. The third-order valence-corrected chi connectivity index (χ3v) is 7.24. The Morgan fingerprint density at radius 3 is 2.20 bits per heavy atom. The number of rotatable bonds is 3. The van der Waals surface area contributed by atoms with Gasteiger partial charge in [-0.3, -0.25) is 0 Å². The third kappa shape index (κ3) is 2.69. The van der Waals surface area contributed by atoms with E-state index in [0.29, 0.717) is 16.8 Å². The van der Waals surface area contributed by atoms with Crippen LogP contribution in [0.15, 0.2) is 70.8 Å². The fourth-order valence-corrected chi connectivity index (χ4v) is 5.86. The van der Waals surface area contributed by atoms with Crippen molar-refractivity contribution in [1.82, 2.24) is 4.90 Å². The Labute approximate surface area is 174 Å². The first-order valence-electron chi connectivity index (χ1n) is 9.19. The van der Waals surface area contributed by atoms with Gasteiger partial charge in [-0.15, -0.1) is 0 Å². The number of esters is 1. The second kappa shape index (κ2) is 7.17. The van der Waals surface area contributed by atoms with Crippen LogP contribution in [0, 0.1) is 0 Å². The van der Waals surface area contributed by atoms with Gasteiger partial charge >= 0.3 is 12.1 Å². The van der Waals surface area contributed by atoms with Crippen LogP contribution in [0.2, 0.25) is 0 Å². The Hall–Kier alpha value is -3.33. The summed E-state index contributed by atoms with van der Waals surface area (Å²) in [6, 6.07) is 15.0. The van der Waals surface area contributed by atoms with E-state index in [1.165, 1.54) is 30.7 Å². The molecule has 2 aromatic carbocycles. The molecular formula is C21H20N2O6S. The molecular weight excluding hydrogens is 408 g/mol.